The molecule has 0 aromatic heterocycles. The van der Waals surface area contributed by atoms with Gasteiger partial charge in [0.2, 0.25) is 10.0 Å². The zero-order valence-electron chi connectivity index (χ0n) is 11.9. The molecule has 21 heavy (non-hydrogen) atoms. The summed E-state index contributed by atoms with van der Waals surface area (Å²) in [5.74, 6) is 0.0811. The topological polar surface area (TPSA) is 66.5 Å². The molecule has 1 fully saturated rings. The molecule has 5 nitrogen and oxygen atoms in total. The van der Waals surface area contributed by atoms with Gasteiger partial charge in [0.05, 0.1) is 5.75 Å². The quantitative estimate of drug-likeness (QED) is 0.876. The van der Waals surface area contributed by atoms with Crippen molar-refractivity contribution in [1.29, 1.82) is 0 Å². The SMILES string of the molecule is CCS(=O)(=O)NC1CCN(C(=O)c2cccc(Br)c2)CC1. The Hall–Kier alpha value is -0.920. The van der Waals surface area contributed by atoms with Gasteiger partial charge < -0.3 is 4.90 Å². The van der Waals surface area contributed by atoms with E-state index in [1.807, 2.05) is 12.1 Å². The molecule has 0 radical (unpaired) electrons. The number of benzene rings is 1. The van der Waals surface area contributed by atoms with Crippen molar-refractivity contribution in [2.45, 2.75) is 25.8 Å². The van der Waals surface area contributed by atoms with Crippen molar-refractivity contribution in [1.82, 2.24) is 9.62 Å². The van der Waals surface area contributed by atoms with Gasteiger partial charge in [-0.05, 0) is 38.0 Å². The highest BCUT2D eigenvalue weighted by atomic mass is 79.9. The van der Waals surface area contributed by atoms with Gasteiger partial charge in [0.1, 0.15) is 0 Å². The second kappa shape index (κ2) is 6.89. The fourth-order valence-electron chi connectivity index (χ4n) is 2.34. The van der Waals surface area contributed by atoms with Crippen LogP contribution in [-0.4, -0.2) is 44.1 Å². The van der Waals surface area contributed by atoms with Crippen LogP contribution in [0.15, 0.2) is 28.7 Å². The number of nitrogens with zero attached hydrogens (tertiary/aromatic N) is 1. The van der Waals surface area contributed by atoms with Gasteiger partial charge in [-0.1, -0.05) is 22.0 Å². The Labute approximate surface area is 133 Å². The molecule has 1 saturated heterocycles. The summed E-state index contributed by atoms with van der Waals surface area (Å²) in [5, 5.41) is 0. The first-order chi connectivity index (χ1) is 9.91. The molecule has 0 saturated carbocycles. The average molecular weight is 375 g/mol. The fraction of sp³-hybridized carbons (Fsp3) is 0.500. The highest BCUT2D eigenvalue weighted by molar-refractivity contribution is 9.10. The number of sulfonamides is 1. The first kappa shape index (κ1) is 16.5. The van der Waals surface area contributed by atoms with Crippen LogP contribution in [0, 0.1) is 0 Å². The van der Waals surface area contributed by atoms with Gasteiger partial charge in [0, 0.05) is 29.2 Å². The van der Waals surface area contributed by atoms with Gasteiger partial charge >= 0.3 is 0 Å². The number of hydrogen-bond donors (Lipinski definition) is 1. The zero-order chi connectivity index (χ0) is 15.5. The van der Waals surface area contributed by atoms with Crippen molar-refractivity contribution >= 4 is 31.9 Å². The lowest BCUT2D eigenvalue weighted by atomic mass is 10.0. The monoisotopic (exact) mass is 374 g/mol. The minimum absolute atomic E-state index is 0.00639. The minimum Gasteiger partial charge on any atom is -0.339 e. The Morgan fingerprint density at radius 1 is 1.38 bits per heavy atom. The van der Waals surface area contributed by atoms with E-state index in [1.54, 1.807) is 24.0 Å². The van der Waals surface area contributed by atoms with Crippen LogP contribution in [0.5, 0.6) is 0 Å². The number of likely N-dealkylation sites (tertiary alicyclic amines) is 1. The third kappa shape index (κ3) is 4.52. The summed E-state index contributed by atoms with van der Waals surface area (Å²) in [7, 11) is -3.17. The Balaban J connectivity index is 1.93. The highest BCUT2D eigenvalue weighted by Gasteiger charge is 2.25. The van der Waals surface area contributed by atoms with Crippen LogP contribution < -0.4 is 4.72 Å². The Bertz CT molecular complexity index is 610. The molecule has 7 heteroatoms. The minimum atomic E-state index is -3.17. The number of carbonyl (C=O) groups is 1. The van der Waals surface area contributed by atoms with Gasteiger partial charge in [-0.3, -0.25) is 4.79 Å². The molecule has 0 aliphatic carbocycles. The average Bonchev–Trinajstić information content (AvgIpc) is 2.47. The van der Waals surface area contributed by atoms with Gasteiger partial charge in [0.15, 0.2) is 0 Å². The zero-order valence-corrected chi connectivity index (χ0v) is 14.3. The number of amides is 1. The van der Waals surface area contributed by atoms with Crippen molar-refractivity contribution in [3.8, 4) is 0 Å². The second-order valence-electron chi connectivity index (χ2n) is 5.10. The first-order valence-electron chi connectivity index (χ1n) is 6.96. The van der Waals surface area contributed by atoms with Crippen molar-refractivity contribution < 1.29 is 13.2 Å². The van der Waals surface area contributed by atoms with Crippen molar-refractivity contribution in [3.05, 3.63) is 34.3 Å². The lowest BCUT2D eigenvalue weighted by Crippen LogP contribution is -2.46. The Kier molecular flexibility index (Phi) is 5.40. The maximum Gasteiger partial charge on any atom is 0.253 e. The van der Waals surface area contributed by atoms with Crippen LogP contribution in [-0.2, 0) is 10.0 Å². The van der Waals surface area contributed by atoms with E-state index in [-0.39, 0.29) is 17.7 Å². The van der Waals surface area contributed by atoms with Crippen molar-refractivity contribution in [2.75, 3.05) is 18.8 Å². The molecule has 1 amide bonds. The number of hydrogen-bond acceptors (Lipinski definition) is 3. The normalized spacial score (nSPS) is 17.0. The number of piperidine rings is 1. The molecule has 0 bridgehead atoms. The molecule has 1 aromatic rings. The standard InChI is InChI=1S/C14H19BrN2O3S/c1-2-21(19,20)16-13-6-8-17(9-7-13)14(18)11-4-3-5-12(15)10-11/h3-5,10,13,16H,2,6-9H2,1H3. The molecular weight excluding hydrogens is 356 g/mol. The van der Waals surface area contributed by atoms with Crippen LogP contribution >= 0.6 is 15.9 Å². The maximum absolute atomic E-state index is 12.4. The van der Waals surface area contributed by atoms with Gasteiger partial charge in [-0.2, -0.15) is 0 Å². The molecule has 0 unspecified atom stereocenters. The summed E-state index contributed by atoms with van der Waals surface area (Å²) in [6.07, 6.45) is 1.30. The Morgan fingerprint density at radius 2 is 2.05 bits per heavy atom. The van der Waals surface area contributed by atoms with E-state index in [1.165, 1.54) is 0 Å². The van der Waals surface area contributed by atoms with E-state index in [2.05, 4.69) is 20.7 Å². The lowest BCUT2D eigenvalue weighted by Gasteiger charge is -2.32. The molecule has 2 rings (SSSR count). The summed E-state index contributed by atoms with van der Waals surface area (Å²) >= 11 is 3.36. The number of nitrogens with one attached hydrogen (secondary N) is 1. The molecule has 1 aromatic carbocycles. The molecular formula is C14H19BrN2O3S. The number of halogens is 1. The molecule has 1 N–H and O–H groups in total. The van der Waals surface area contributed by atoms with E-state index in [0.717, 1.165) is 4.47 Å². The van der Waals surface area contributed by atoms with Crippen LogP contribution in [0.2, 0.25) is 0 Å². The Morgan fingerprint density at radius 3 is 2.62 bits per heavy atom. The van der Waals surface area contributed by atoms with E-state index in [0.29, 0.717) is 31.5 Å². The van der Waals surface area contributed by atoms with Gasteiger partial charge in [-0.15, -0.1) is 0 Å². The van der Waals surface area contributed by atoms with E-state index >= 15 is 0 Å². The summed E-state index contributed by atoms with van der Waals surface area (Å²) < 4.78 is 26.6. The van der Waals surface area contributed by atoms with E-state index < -0.39 is 10.0 Å². The summed E-state index contributed by atoms with van der Waals surface area (Å²) in [6, 6.07) is 7.23. The van der Waals surface area contributed by atoms with Crippen molar-refractivity contribution in [3.63, 3.8) is 0 Å². The summed E-state index contributed by atoms with van der Waals surface area (Å²) in [4.78, 5) is 14.1. The van der Waals surface area contributed by atoms with Crippen molar-refractivity contribution in [2.24, 2.45) is 0 Å². The summed E-state index contributed by atoms with van der Waals surface area (Å²) in [6.45, 7) is 2.76. The molecule has 0 spiro atoms. The van der Waals surface area contributed by atoms with Crippen LogP contribution in [0.3, 0.4) is 0 Å². The first-order valence-corrected chi connectivity index (χ1v) is 9.40. The molecule has 1 aliphatic heterocycles. The predicted octanol–water partition coefficient (Wildman–Crippen LogP) is 1.99. The van der Waals surface area contributed by atoms with Gasteiger partial charge in [0.25, 0.3) is 5.91 Å². The largest absolute Gasteiger partial charge is 0.339 e. The fourth-order valence-corrected chi connectivity index (χ4v) is 3.65. The number of rotatable bonds is 4. The molecule has 1 heterocycles. The van der Waals surface area contributed by atoms with E-state index in [4.69, 9.17) is 0 Å². The maximum atomic E-state index is 12.4. The van der Waals surface area contributed by atoms with E-state index in [9.17, 15) is 13.2 Å². The molecule has 116 valence electrons. The van der Waals surface area contributed by atoms with Gasteiger partial charge in [-0.25, -0.2) is 13.1 Å². The summed E-state index contributed by atoms with van der Waals surface area (Å²) in [5.41, 5.74) is 0.650. The lowest BCUT2D eigenvalue weighted by molar-refractivity contribution is 0.0711. The van der Waals surface area contributed by atoms with Crippen LogP contribution in [0.4, 0.5) is 0 Å². The number of carbonyl (C=O) groups excluding carboxylic acids is 1. The molecule has 0 atom stereocenters. The third-order valence-electron chi connectivity index (χ3n) is 3.58. The van der Waals surface area contributed by atoms with Crippen LogP contribution in [0.25, 0.3) is 0 Å². The molecule has 1 aliphatic rings. The second-order valence-corrected chi connectivity index (χ2v) is 8.06. The third-order valence-corrected chi connectivity index (χ3v) is 5.53. The van der Waals surface area contributed by atoms with Crippen LogP contribution in [0.1, 0.15) is 30.1 Å². The predicted molar refractivity (Wildman–Crippen MR) is 85.7 cm³/mol. The highest BCUT2D eigenvalue weighted by Crippen LogP contribution is 2.17. The smallest absolute Gasteiger partial charge is 0.253 e.